The lowest BCUT2D eigenvalue weighted by atomic mass is 10.1. The third kappa shape index (κ3) is 5.21. The first-order chi connectivity index (χ1) is 14.9. The molecule has 31 heavy (non-hydrogen) atoms. The second-order valence-electron chi connectivity index (χ2n) is 7.17. The van der Waals surface area contributed by atoms with Crippen molar-refractivity contribution in [2.24, 2.45) is 0 Å². The summed E-state index contributed by atoms with van der Waals surface area (Å²) >= 11 is 0. The van der Waals surface area contributed by atoms with E-state index in [1.54, 1.807) is 22.7 Å². The summed E-state index contributed by atoms with van der Waals surface area (Å²) in [5.74, 6) is 0.0801. The molecule has 8 nitrogen and oxygen atoms in total. The Kier molecular flexibility index (Phi) is 7.25. The summed E-state index contributed by atoms with van der Waals surface area (Å²) in [5, 5.41) is 6.51. The van der Waals surface area contributed by atoms with E-state index in [0.717, 1.165) is 11.1 Å². The maximum absolute atomic E-state index is 12.7. The number of fused-ring (bicyclic) bond motifs is 1. The third-order valence-electron chi connectivity index (χ3n) is 4.85. The van der Waals surface area contributed by atoms with Gasteiger partial charge in [-0.1, -0.05) is 12.1 Å². The van der Waals surface area contributed by atoms with E-state index >= 15 is 0 Å². The lowest BCUT2D eigenvalue weighted by Gasteiger charge is -2.20. The summed E-state index contributed by atoms with van der Waals surface area (Å²) in [6, 6.07) is 10.4. The Balaban J connectivity index is 1.98. The number of carbonyl (C=O) groups is 1. The number of esters is 1. The molecule has 2 aromatic heterocycles. The average Bonchev–Trinajstić information content (AvgIpc) is 2.76. The third-order valence-corrected chi connectivity index (χ3v) is 4.85. The Labute approximate surface area is 181 Å². The van der Waals surface area contributed by atoms with Crippen LogP contribution in [0.25, 0.3) is 5.65 Å². The van der Waals surface area contributed by atoms with E-state index in [-0.39, 0.29) is 11.6 Å². The van der Waals surface area contributed by atoms with Crippen LogP contribution in [-0.2, 0) is 9.47 Å². The number of para-hydroxylation sites is 1. The minimum absolute atomic E-state index is 0.170. The molecule has 1 unspecified atom stereocenters. The van der Waals surface area contributed by atoms with Crippen LogP contribution < -0.4 is 16.2 Å². The van der Waals surface area contributed by atoms with E-state index in [2.05, 4.69) is 15.6 Å². The predicted molar refractivity (Wildman–Crippen MR) is 121 cm³/mol. The second kappa shape index (κ2) is 10.1. The van der Waals surface area contributed by atoms with Gasteiger partial charge in [-0.25, -0.2) is 9.78 Å². The van der Waals surface area contributed by atoms with Crippen molar-refractivity contribution < 1.29 is 14.3 Å². The number of nitrogens with one attached hydrogen (secondary N) is 2. The zero-order valence-electron chi connectivity index (χ0n) is 18.3. The minimum Gasteiger partial charge on any atom is -0.465 e. The van der Waals surface area contributed by atoms with Gasteiger partial charge in [-0.3, -0.25) is 9.20 Å². The molecule has 3 rings (SSSR count). The SMILES string of the molecule is CCOCCNc1cc(=O)n2cc(C)cc(C(C)Nc3ccccc3C(=O)OC)c2n1. The van der Waals surface area contributed by atoms with Crippen molar-refractivity contribution >= 4 is 23.1 Å². The van der Waals surface area contributed by atoms with Crippen LogP contribution in [0.3, 0.4) is 0 Å². The molecule has 0 aliphatic rings. The number of anilines is 2. The van der Waals surface area contributed by atoms with Crippen LogP contribution in [0.2, 0.25) is 0 Å². The van der Waals surface area contributed by atoms with E-state index in [4.69, 9.17) is 9.47 Å². The number of nitrogens with zero attached hydrogens (tertiary/aromatic N) is 2. The van der Waals surface area contributed by atoms with E-state index < -0.39 is 5.97 Å². The summed E-state index contributed by atoms with van der Waals surface area (Å²) in [6.07, 6.45) is 1.77. The monoisotopic (exact) mass is 424 g/mol. The topological polar surface area (TPSA) is 94.0 Å². The number of benzene rings is 1. The zero-order valence-corrected chi connectivity index (χ0v) is 18.3. The summed E-state index contributed by atoms with van der Waals surface area (Å²) in [6.45, 7) is 7.54. The largest absolute Gasteiger partial charge is 0.465 e. The molecular weight excluding hydrogens is 396 g/mol. The van der Waals surface area contributed by atoms with Crippen molar-refractivity contribution in [2.75, 3.05) is 37.5 Å². The molecule has 0 radical (unpaired) electrons. The maximum Gasteiger partial charge on any atom is 0.339 e. The Morgan fingerprint density at radius 1 is 1.26 bits per heavy atom. The number of carbonyl (C=O) groups excluding carboxylic acids is 1. The quantitative estimate of drug-likeness (QED) is 0.402. The van der Waals surface area contributed by atoms with E-state index in [1.807, 2.05) is 39.0 Å². The van der Waals surface area contributed by atoms with Gasteiger partial charge < -0.3 is 20.1 Å². The summed E-state index contributed by atoms with van der Waals surface area (Å²) in [4.78, 5) is 29.5. The summed E-state index contributed by atoms with van der Waals surface area (Å²) < 4.78 is 11.8. The molecule has 3 aromatic rings. The Hall–Kier alpha value is -3.39. The molecule has 0 spiro atoms. The molecule has 1 atom stereocenters. The van der Waals surface area contributed by atoms with Crippen molar-refractivity contribution in [1.29, 1.82) is 0 Å². The first-order valence-corrected chi connectivity index (χ1v) is 10.2. The number of ether oxygens (including phenoxy) is 2. The van der Waals surface area contributed by atoms with E-state index in [0.29, 0.717) is 42.5 Å². The molecule has 2 heterocycles. The van der Waals surface area contributed by atoms with Crippen LogP contribution in [0.1, 0.15) is 41.4 Å². The molecule has 0 amide bonds. The van der Waals surface area contributed by atoms with Crippen molar-refractivity contribution in [3.05, 3.63) is 69.6 Å². The van der Waals surface area contributed by atoms with Crippen molar-refractivity contribution in [1.82, 2.24) is 9.38 Å². The smallest absolute Gasteiger partial charge is 0.339 e. The number of rotatable bonds is 9. The predicted octanol–water partition coefficient (Wildman–Crippen LogP) is 3.41. The lowest BCUT2D eigenvalue weighted by Crippen LogP contribution is -2.21. The standard InChI is InChI=1S/C23H28N4O4/c1-5-31-11-10-24-20-13-21(28)27-14-15(2)12-18(22(27)26-20)16(3)25-19-9-7-6-8-17(19)23(29)30-4/h6-9,12-14,16,24-25H,5,10-11H2,1-4H3. The van der Waals surface area contributed by atoms with Crippen LogP contribution in [-0.4, -0.2) is 42.2 Å². The highest BCUT2D eigenvalue weighted by atomic mass is 16.5. The molecule has 1 aromatic carbocycles. The molecular formula is C23H28N4O4. The van der Waals surface area contributed by atoms with Gasteiger partial charge in [0.2, 0.25) is 0 Å². The fraction of sp³-hybridized carbons (Fsp3) is 0.348. The van der Waals surface area contributed by atoms with Gasteiger partial charge in [-0.15, -0.1) is 0 Å². The lowest BCUT2D eigenvalue weighted by molar-refractivity contribution is 0.0602. The second-order valence-corrected chi connectivity index (χ2v) is 7.17. The molecule has 2 N–H and O–H groups in total. The van der Waals surface area contributed by atoms with Crippen LogP contribution in [0.4, 0.5) is 11.5 Å². The highest BCUT2D eigenvalue weighted by Crippen LogP contribution is 2.26. The number of aromatic nitrogens is 2. The van der Waals surface area contributed by atoms with Crippen LogP contribution in [0.5, 0.6) is 0 Å². The number of hydrogen-bond donors (Lipinski definition) is 2. The van der Waals surface area contributed by atoms with Gasteiger partial charge in [0.1, 0.15) is 11.5 Å². The average molecular weight is 425 g/mol. The molecule has 0 fully saturated rings. The highest BCUT2D eigenvalue weighted by Gasteiger charge is 2.17. The van der Waals surface area contributed by atoms with E-state index in [1.165, 1.54) is 13.2 Å². The molecule has 164 valence electrons. The number of methoxy groups -OCH3 is 1. The first kappa shape index (κ1) is 22.3. The van der Waals surface area contributed by atoms with Crippen molar-refractivity contribution in [3.8, 4) is 0 Å². The minimum atomic E-state index is -0.417. The van der Waals surface area contributed by atoms with Gasteiger partial charge in [0.25, 0.3) is 5.56 Å². The van der Waals surface area contributed by atoms with E-state index in [9.17, 15) is 9.59 Å². The molecule has 0 aliphatic heterocycles. The Morgan fingerprint density at radius 3 is 2.77 bits per heavy atom. The molecule has 0 aliphatic carbocycles. The summed E-state index contributed by atoms with van der Waals surface area (Å²) in [5.41, 5.74) is 3.24. The zero-order chi connectivity index (χ0) is 22.4. The number of aryl methyl sites for hydroxylation is 1. The maximum atomic E-state index is 12.7. The Morgan fingerprint density at radius 2 is 2.03 bits per heavy atom. The van der Waals surface area contributed by atoms with Crippen LogP contribution in [0.15, 0.2) is 47.4 Å². The normalized spacial score (nSPS) is 11.9. The van der Waals surface area contributed by atoms with Crippen molar-refractivity contribution in [2.45, 2.75) is 26.8 Å². The van der Waals surface area contributed by atoms with Crippen molar-refractivity contribution in [3.63, 3.8) is 0 Å². The molecule has 0 saturated carbocycles. The fourth-order valence-electron chi connectivity index (χ4n) is 3.38. The summed E-state index contributed by atoms with van der Waals surface area (Å²) in [7, 11) is 1.35. The van der Waals surface area contributed by atoms with Gasteiger partial charge >= 0.3 is 5.97 Å². The molecule has 8 heteroatoms. The Bertz CT molecular complexity index is 1130. The number of hydrogen-bond acceptors (Lipinski definition) is 7. The molecule has 0 saturated heterocycles. The van der Waals surface area contributed by atoms with Crippen LogP contribution in [0, 0.1) is 6.92 Å². The van der Waals surface area contributed by atoms with Gasteiger partial charge in [-0.05, 0) is 44.5 Å². The van der Waals surface area contributed by atoms with Gasteiger partial charge in [0.05, 0.1) is 25.3 Å². The first-order valence-electron chi connectivity index (χ1n) is 10.2. The van der Waals surface area contributed by atoms with Crippen LogP contribution >= 0.6 is 0 Å². The fourth-order valence-corrected chi connectivity index (χ4v) is 3.38. The van der Waals surface area contributed by atoms with Gasteiger partial charge in [-0.2, -0.15) is 0 Å². The van der Waals surface area contributed by atoms with Gasteiger partial charge in [0.15, 0.2) is 0 Å². The highest BCUT2D eigenvalue weighted by molar-refractivity contribution is 5.95. The molecule has 0 bridgehead atoms. The van der Waals surface area contributed by atoms with Gasteiger partial charge in [0, 0.05) is 36.7 Å². The number of pyridine rings is 1.